The van der Waals surface area contributed by atoms with Crippen LogP contribution in [-0.2, 0) is 27.3 Å². The highest BCUT2D eigenvalue weighted by atomic mass is 32.1. The number of hydrogen-bond acceptors (Lipinski definition) is 8. The molecular formula is C22H16N4O4S2. The quantitative estimate of drug-likeness (QED) is 0.419. The molecule has 0 aliphatic carbocycles. The minimum atomic E-state index is -0.722. The lowest BCUT2D eigenvalue weighted by Crippen LogP contribution is -2.28. The van der Waals surface area contributed by atoms with E-state index in [2.05, 4.69) is 10.3 Å². The van der Waals surface area contributed by atoms with Crippen LogP contribution in [0.4, 0.5) is 5.69 Å². The number of ether oxygens (including phenoxy) is 1. The van der Waals surface area contributed by atoms with Gasteiger partial charge in [0, 0.05) is 21.5 Å². The van der Waals surface area contributed by atoms with Gasteiger partial charge in [-0.2, -0.15) is 5.26 Å². The number of nitriles is 1. The Bertz CT molecular complexity index is 1370. The van der Waals surface area contributed by atoms with E-state index >= 15 is 0 Å². The van der Waals surface area contributed by atoms with Crippen molar-refractivity contribution < 1.29 is 14.3 Å². The molecule has 4 rings (SSSR count). The molecule has 0 fully saturated rings. The number of anilines is 1. The van der Waals surface area contributed by atoms with Crippen LogP contribution < -0.4 is 10.9 Å². The van der Waals surface area contributed by atoms with Crippen molar-refractivity contribution in [3.05, 3.63) is 69.4 Å². The van der Waals surface area contributed by atoms with Crippen LogP contribution in [0.2, 0.25) is 0 Å². The summed E-state index contributed by atoms with van der Waals surface area (Å²) in [5.41, 5.74) is 1.82. The number of carbonyl (C=O) groups excluding carboxylic acids is 2. The maximum atomic E-state index is 12.9. The Balaban J connectivity index is 1.38. The average molecular weight is 465 g/mol. The van der Waals surface area contributed by atoms with E-state index in [-0.39, 0.29) is 18.5 Å². The first kappa shape index (κ1) is 21.4. The second-order valence-corrected chi connectivity index (χ2v) is 8.53. The number of aromatic nitrogens is 2. The Labute approximate surface area is 190 Å². The Morgan fingerprint density at radius 1 is 1.19 bits per heavy atom. The van der Waals surface area contributed by atoms with Crippen molar-refractivity contribution >= 4 is 50.5 Å². The van der Waals surface area contributed by atoms with E-state index in [0.717, 1.165) is 16.0 Å². The SMILES string of the molecule is N#CCc1ccc(NC(=O)COC(=O)Cn2cnc3scc(-c4cccs4)c3c2=O)cc1. The molecule has 0 radical (unpaired) electrons. The molecule has 0 saturated heterocycles. The summed E-state index contributed by atoms with van der Waals surface area (Å²) < 4.78 is 6.20. The lowest BCUT2D eigenvalue weighted by Gasteiger charge is -2.08. The van der Waals surface area contributed by atoms with Crippen molar-refractivity contribution in [1.29, 1.82) is 5.26 Å². The predicted octanol–water partition coefficient (Wildman–Crippen LogP) is 3.43. The number of thiophene rings is 2. The van der Waals surface area contributed by atoms with Gasteiger partial charge < -0.3 is 10.1 Å². The number of nitrogens with one attached hydrogen (secondary N) is 1. The van der Waals surface area contributed by atoms with Crippen molar-refractivity contribution in [2.45, 2.75) is 13.0 Å². The fourth-order valence-electron chi connectivity index (χ4n) is 3.02. The molecule has 10 heteroatoms. The predicted molar refractivity (Wildman–Crippen MR) is 123 cm³/mol. The van der Waals surface area contributed by atoms with Gasteiger partial charge in [-0.05, 0) is 29.1 Å². The lowest BCUT2D eigenvalue weighted by molar-refractivity contribution is -0.147. The molecule has 1 N–H and O–H groups in total. The van der Waals surface area contributed by atoms with E-state index in [1.165, 1.54) is 33.6 Å². The van der Waals surface area contributed by atoms with E-state index in [0.29, 0.717) is 15.9 Å². The van der Waals surface area contributed by atoms with Gasteiger partial charge in [0.15, 0.2) is 6.61 Å². The molecule has 3 aromatic heterocycles. The molecule has 1 amide bonds. The van der Waals surface area contributed by atoms with Crippen LogP contribution >= 0.6 is 22.7 Å². The summed E-state index contributed by atoms with van der Waals surface area (Å²) in [6.07, 6.45) is 1.59. The third-order valence-electron chi connectivity index (χ3n) is 4.53. The largest absolute Gasteiger partial charge is 0.454 e. The number of fused-ring (bicyclic) bond motifs is 1. The van der Waals surface area contributed by atoms with Gasteiger partial charge in [0.25, 0.3) is 11.5 Å². The molecule has 8 nitrogen and oxygen atoms in total. The topological polar surface area (TPSA) is 114 Å². The zero-order valence-electron chi connectivity index (χ0n) is 16.6. The molecule has 0 unspecified atom stereocenters. The fourth-order valence-corrected chi connectivity index (χ4v) is 4.74. The summed E-state index contributed by atoms with van der Waals surface area (Å²) in [6.45, 7) is -0.834. The maximum absolute atomic E-state index is 12.9. The summed E-state index contributed by atoms with van der Waals surface area (Å²) in [4.78, 5) is 43.0. The van der Waals surface area contributed by atoms with E-state index in [1.54, 1.807) is 24.3 Å². The van der Waals surface area contributed by atoms with Crippen LogP contribution in [-0.4, -0.2) is 28.0 Å². The van der Waals surface area contributed by atoms with E-state index in [9.17, 15) is 14.4 Å². The standard InChI is InChI=1S/C22H16N4O4S2/c23-8-7-14-3-5-15(6-4-14)25-18(27)11-30-19(28)10-26-13-24-21-20(22(26)29)16(12-32-21)17-2-1-9-31-17/h1-6,9,12-13H,7,10-11H2,(H,25,27). The van der Waals surface area contributed by atoms with Crippen LogP contribution in [0.5, 0.6) is 0 Å². The number of amides is 1. The van der Waals surface area contributed by atoms with E-state index in [4.69, 9.17) is 10.00 Å². The first-order valence-corrected chi connectivity index (χ1v) is 11.2. The average Bonchev–Trinajstić information content (AvgIpc) is 3.46. The van der Waals surface area contributed by atoms with Crippen molar-refractivity contribution in [2.75, 3.05) is 11.9 Å². The van der Waals surface area contributed by atoms with Gasteiger partial charge >= 0.3 is 5.97 Å². The molecule has 32 heavy (non-hydrogen) atoms. The summed E-state index contributed by atoms with van der Waals surface area (Å²) in [5, 5.41) is 15.6. The number of nitrogens with zero attached hydrogens (tertiary/aromatic N) is 3. The first-order valence-electron chi connectivity index (χ1n) is 9.47. The molecular weight excluding hydrogens is 448 g/mol. The second kappa shape index (κ2) is 9.55. The molecule has 0 aliphatic heterocycles. The molecule has 0 bridgehead atoms. The van der Waals surface area contributed by atoms with Crippen molar-refractivity contribution in [3.63, 3.8) is 0 Å². The molecule has 1 aromatic carbocycles. The smallest absolute Gasteiger partial charge is 0.326 e. The summed E-state index contributed by atoms with van der Waals surface area (Å²) in [5.74, 6) is -1.23. The highest BCUT2D eigenvalue weighted by Crippen LogP contribution is 2.33. The van der Waals surface area contributed by atoms with Crippen LogP contribution in [0.1, 0.15) is 5.56 Å². The second-order valence-electron chi connectivity index (χ2n) is 6.73. The Morgan fingerprint density at radius 3 is 2.72 bits per heavy atom. The highest BCUT2D eigenvalue weighted by molar-refractivity contribution is 7.18. The van der Waals surface area contributed by atoms with Crippen LogP contribution in [0.15, 0.2) is 58.3 Å². The summed E-state index contributed by atoms with van der Waals surface area (Å²) >= 11 is 2.89. The van der Waals surface area contributed by atoms with Gasteiger partial charge in [-0.25, -0.2) is 4.98 Å². The fraction of sp³-hybridized carbons (Fsp3) is 0.136. The lowest BCUT2D eigenvalue weighted by atomic mass is 10.1. The summed E-state index contributed by atoms with van der Waals surface area (Å²) in [6, 6.07) is 12.7. The maximum Gasteiger partial charge on any atom is 0.326 e. The molecule has 0 spiro atoms. The zero-order chi connectivity index (χ0) is 22.5. The molecule has 160 valence electrons. The van der Waals surface area contributed by atoms with E-state index in [1.807, 2.05) is 29.0 Å². The first-order chi connectivity index (χ1) is 15.5. The van der Waals surface area contributed by atoms with Crippen LogP contribution in [0, 0.1) is 11.3 Å². The monoisotopic (exact) mass is 464 g/mol. The molecule has 0 saturated carbocycles. The van der Waals surface area contributed by atoms with Gasteiger partial charge in [0.2, 0.25) is 0 Å². The van der Waals surface area contributed by atoms with Crippen molar-refractivity contribution in [3.8, 4) is 16.5 Å². The Morgan fingerprint density at radius 2 is 2.00 bits per heavy atom. The number of rotatable bonds is 7. The zero-order valence-corrected chi connectivity index (χ0v) is 18.2. The van der Waals surface area contributed by atoms with Gasteiger partial charge in [0.1, 0.15) is 11.4 Å². The normalized spacial score (nSPS) is 10.6. The van der Waals surface area contributed by atoms with Gasteiger partial charge in [-0.3, -0.25) is 19.0 Å². The molecule has 0 aliphatic rings. The highest BCUT2D eigenvalue weighted by Gasteiger charge is 2.16. The minimum absolute atomic E-state index is 0.284. The van der Waals surface area contributed by atoms with Crippen LogP contribution in [0.3, 0.4) is 0 Å². The third kappa shape index (κ3) is 4.74. The van der Waals surface area contributed by atoms with Crippen molar-refractivity contribution in [2.24, 2.45) is 0 Å². The van der Waals surface area contributed by atoms with Crippen molar-refractivity contribution in [1.82, 2.24) is 9.55 Å². The molecule has 0 atom stereocenters. The molecule has 3 heterocycles. The minimum Gasteiger partial charge on any atom is -0.454 e. The number of hydrogen-bond donors (Lipinski definition) is 1. The number of carbonyl (C=O) groups is 2. The van der Waals surface area contributed by atoms with Crippen LogP contribution in [0.25, 0.3) is 20.7 Å². The third-order valence-corrected chi connectivity index (χ3v) is 6.32. The van der Waals surface area contributed by atoms with Gasteiger partial charge in [-0.15, -0.1) is 22.7 Å². The van der Waals surface area contributed by atoms with Gasteiger partial charge in [-0.1, -0.05) is 18.2 Å². The number of benzene rings is 1. The summed E-state index contributed by atoms with van der Waals surface area (Å²) in [7, 11) is 0. The number of esters is 1. The molecule has 4 aromatic rings. The van der Waals surface area contributed by atoms with E-state index < -0.39 is 18.5 Å². The Kier molecular flexibility index (Phi) is 6.39. The Hall–Kier alpha value is -3.81. The van der Waals surface area contributed by atoms with Gasteiger partial charge in [0.05, 0.1) is 24.2 Å².